The van der Waals surface area contributed by atoms with Gasteiger partial charge in [0.05, 0.1) is 10.7 Å². The van der Waals surface area contributed by atoms with Crippen LogP contribution in [-0.4, -0.2) is 27.7 Å². The van der Waals surface area contributed by atoms with Crippen molar-refractivity contribution in [2.24, 2.45) is 5.84 Å². The summed E-state index contributed by atoms with van der Waals surface area (Å²) in [6.45, 7) is 0.516. The summed E-state index contributed by atoms with van der Waals surface area (Å²) in [6, 6.07) is 3.17. The van der Waals surface area contributed by atoms with Gasteiger partial charge in [-0.2, -0.15) is 11.8 Å². The number of hydrazine groups is 1. The summed E-state index contributed by atoms with van der Waals surface area (Å²) in [5.41, 5.74) is 0.847. The van der Waals surface area contributed by atoms with Crippen LogP contribution in [0, 0.1) is 0 Å². The van der Waals surface area contributed by atoms with E-state index < -0.39 is 6.03 Å². The van der Waals surface area contributed by atoms with Gasteiger partial charge < -0.3 is 5.32 Å². The molecule has 8 heteroatoms. The normalized spacial score (nSPS) is 10.1. The minimum absolute atomic E-state index is 0.426. The molecule has 2 amide bonds. The molecule has 0 aromatic carbocycles. The van der Waals surface area contributed by atoms with Crippen molar-refractivity contribution in [3.63, 3.8) is 0 Å². The van der Waals surface area contributed by atoms with Gasteiger partial charge in [-0.1, -0.05) is 11.6 Å². The summed E-state index contributed by atoms with van der Waals surface area (Å²) < 4.78 is 0.709. The zero-order chi connectivity index (χ0) is 12.7. The molecule has 0 fully saturated rings. The van der Waals surface area contributed by atoms with E-state index in [1.54, 1.807) is 30.1 Å². The van der Waals surface area contributed by atoms with Crippen LogP contribution in [0.3, 0.4) is 0 Å². The maximum atomic E-state index is 11.0. The van der Waals surface area contributed by atoms with Gasteiger partial charge in [0.2, 0.25) is 0 Å². The molecule has 0 bridgehead atoms. The number of pyridine rings is 1. The molecule has 94 valence electrons. The van der Waals surface area contributed by atoms with Gasteiger partial charge in [0.1, 0.15) is 0 Å². The number of hydrogen-bond acceptors (Lipinski definition) is 5. The molecule has 0 atom stereocenters. The highest BCUT2D eigenvalue weighted by molar-refractivity contribution is 7.98. The van der Waals surface area contributed by atoms with Gasteiger partial charge in [-0.15, -0.1) is 0 Å². The monoisotopic (exact) mass is 292 g/mol. The average Bonchev–Trinajstić information content (AvgIpc) is 2.30. The first-order valence-electron chi connectivity index (χ1n) is 4.80. The zero-order valence-electron chi connectivity index (χ0n) is 8.97. The van der Waals surface area contributed by atoms with Gasteiger partial charge in [-0.25, -0.2) is 15.1 Å². The zero-order valence-corrected chi connectivity index (χ0v) is 11.4. The van der Waals surface area contributed by atoms with Crippen molar-refractivity contribution >= 4 is 42.2 Å². The molecule has 1 rings (SSSR count). The Morgan fingerprint density at radius 3 is 3.12 bits per heavy atom. The number of nitrogens with zero attached hydrogens (tertiary/aromatic N) is 2. The molecule has 0 radical (unpaired) electrons. The fourth-order valence-corrected chi connectivity index (χ4v) is 2.16. The molecule has 1 heterocycles. The van der Waals surface area contributed by atoms with Crippen molar-refractivity contribution in [3.8, 4) is 0 Å². The standard InChI is InChI=1S/C9H13ClN4OS2/c10-7-2-1-3-12-8(7)6-17-5-4-13-9(15)14(11)16/h1-3,16H,4-6,11H2,(H,13,15). The molecular weight excluding hydrogens is 280 g/mol. The number of aromatic nitrogens is 1. The van der Waals surface area contributed by atoms with Crippen LogP contribution in [0.4, 0.5) is 4.79 Å². The molecule has 0 aliphatic rings. The third-order valence-electron chi connectivity index (χ3n) is 1.80. The second-order valence-corrected chi connectivity index (χ2v) is 5.00. The van der Waals surface area contributed by atoms with E-state index in [1.165, 1.54) is 0 Å². The molecule has 0 spiro atoms. The van der Waals surface area contributed by atoms with Crippen molar-refractivity contribution in [3.05, 3.63) is 29.0 Å². The van der Waals surface area contributed by atoms with Crippen LogP contribution in [0.1, 0.15) is 5.69 Å². The number of urea groups is 1. The maximum absolute atomic E-state index is 11.0. The Balaban J connectivity index is 2.17. The van der Waals surface area contributed by atoms with Gasteiger partial charge in [0, 0.05) is 24.2 Å². The lowest BCUT2D eigenvalue weighted by Crippen LogP contribution is -2.39. The van der Waals surface area contributed by atoms with Crippen molar-refractivity contribution in [2.75, 3.05) is 12.3 Å². The van der Waals surface area contributed by atoms with E-state index in [1.807, 2.05) is 0 Å². The molecular formula is C9H13ClN4OS2. The Labute approximate surface area is 115 Å². The van der Waals surface area contributed by atoms with Crippen LogP contribution in [0.25, 0.3) is 0 Å². The third kappa shape index (κ3) is 5.49. The molecule has 17 heavy (non-hydrogen) atoms. The predicted octanol–water partition coefficient (Wildman–Crippen LogP) is 1.70. The van der Waals surface area contributed by atoms with Crippen LogP contribution in [-0.2, 0) is 5.75 Å². The molecule has 1 aromatic rings. The van der Waals surface area contributed by atoms with Crippen molar-refractivity contribution in [1.82, 2.24) is 14.7 Å². The molecule has 3 N–H and O–H groups in total. The first kappa shape index (κ1) is 14.4. The number of rotatable bonds is 5. The number of nitrogens with two attached hydrogens (primary N) is 1. The summed E-state index contributed by atoms with van der Waals surface area (Å²) in [6.07, 6.45) is 1.71. The topological polar surface area (TPSA) is 71.2 Å². The highest BCUT2D eigenvalue weighted by Gasteiger charge is 2.04. The van der Waals surface area contributed by atoms with Crippen molar-refractivity contribution in [2.45, 2.75) is 5.75 Å². The summed E-state index contributed by atoms with van der Waals surface area (Å²) in [4.78, 5) is 15.2. The molecule has 0 aliphatic carbocycles. The number of halogens is 1. The van der Waals surface area contributed by atoms with E-state index in [2.05, 4.69) is 23.1 Å². The lowest BCUT2D eigenvalue weighted by Gasteiger charge is -2.09. The molecule has 0 saturated carbocycles. The molecule has 0 unspecified atom stereocenters. The fourth-order valence-electron chi connectivity index (χ4n) is 1.00. The van der Waals surface area contributed by atoms with Gasteiger partial charge >= 0.3 is 6.03 Å². The van der Waals surface area contributed by atoms with Crippen LogP contribution in [0.15, 0.2) is 18.3 Å². The molecule has 5 nitrogen and oxygen atoms in total. The van der Waals surface area contributed by atoms with Crippen LogP contribution >= 0.6 is 36.2 Å². The lowest BCUT2D eigenvalue weighted by molar-refractivity contribution is 0.227. The smallest absolute Gasteiger partial charge is 0.335 e. The summed E-state index contributed by atoms with van der Waals surface area (Å²) >= 11 is 11.2. The number of carbonyl (C=O) groups is 1. The summed E-state index contributed by atoms with van der Waals surface area (Å²) in [5.74, 6) is 6.57. The van der Waals surface area contributed by atoms with Gasteiger partial charge in [0.25, 0.3) is 0 Å². The largest absolute Gasteiger partial charge is 0.341 e. The molecule has 0 saturated heterocycles. The lowest BCUT2D eigenvalue weighted by atomic mass is 10.4. The van der Waals surface area contributed by atoms with Gasteiger partial charge in [-0.3, -0.25) is 4.98 Å². The Hall–Kier alpha value is -0.630. The Morgan fingerprint density at radius 1 is 1.71 bits per heavy atom. The van der Waals surface area contributed by atoms with Crippen LogP contribution in [0.5, 0.6) is 0 Å². The number of amides is 2. The number of thiol groups is 1. The number of carbonyl (C=O) groups excluding carboxylic acids is 1. The van der Waals surface area contributed by atoms with E-state index >= 15 is 0 Å². The Morgan fingerprint density at radius 2 is 2.47 bits per heavy atom. The van der Waals surface area contributed by atoms with Crippen molar-refractivity contribution < 1.29 is 4.79 Å². The quantitative estimate of drug-likeness (QED) is 0.254. The van der Waals surface area contributed by atoms with Gasteiger partial charge in [0.15, 0.2) is 0 Å². The molecule has 0 aliphatic heterocycles. The number of hydrogen-bond donors (Lipinski definition) is 3. The van der Waals surface area contributed by atoms with Crippen LogP contribution < -0.4 is 11.2 Å². The van der Waals surface area contributed by atoms with E-state index in [0.717, 1.165) is 11.4 Å². The van der Waals surface area contributed by atoms with E-state index in [4.69, 9.17) is 17.4 Å². The van der Waals surface area contributed by atoms with E-state index in [0.29, 0.717) is 21.7 Å². The molecule has 1 aromatic heterocycles. The number of nitrogens with one attached hydrogen (secondary N) is 1. The van der Waals surface area contributed by atoms with Crippen molar-refractivity contribution in [1.29, 1.82) is 0 Å². The highest BCUT2D eigenvalue weighted by atomic mass is 35.5. The van der Waals surface area contributed by atoms with Crippen LogP contribution in [0.2, 0.25) is 5.02 Å². The second kappa shape index (κ2) is 7.65. The maximum Gasteiger partial charge on any atom is 0.341 e. The first-order chi connectivity index (χ1) is 8.11. The van der Waals surface area contributed by atoms with Gasteiger partial charge in [-0.05, 0) is 24.9 Å². The Kier molecular flexibility index (Phi) is 6.49. The first-order valence-corrected chi connectivity index (χ1v) is 6.73. The average molecular weight is 293 g/mol. The predicted molar refractivity (Wildman–Crippen MR) is 73.8 cm³/mol. The minimum atomic E-state index is -0.426. The number of thioether (sulfide) groups is 1. The third-order valence-corrected chi connectivity index (χ3v) is 3.30. The van der Waals surface area contributed by atoms with E-state index in [-0.39, 0.29) is 0 Å². The highest BCUT2D eigenvalue weighted by Crippen LogP contribution is 2.17. The SMILES string of the molecule is NN(S)C(=O)NCCSCc1ncccc1Cl. The summed E-state index contributed by atoms with van der Waals surface area (Å²) in [7, 11) is 0. The minimum Gasteiger partial charge on any atom is -0.335 e. The summed E-state index contributed by atoms with van der Waals surface area (Å²) in [5, 5.41) is 3.25. The fraction of sp³-hybridized carbons (Fsp3) is 0.333. The Bertz CT molecular complexity index is 378. The van der Waals surface area contributed by atoms with E-state index in [9.17, 15) is 4.79 Å². The second-order valence-electron chi connectivity index (χ2n) is 3.06.